The number of benzene rings is 1. The van der Waals surface area contributed by atoms with Crippen LogP contribution < -0.4 is 0 Å². The van der Waals surface area contributed by atoms with Crippen LogP contribution >= 0.6 is 11.3 Å². The number of aryl methyl sites for hydroxylation is 2. The molecule has 23 heavy (non-hydrogen) atoms. The first kappa shape index (κ1) is 16.2. The molecule has 0 amide bonds. The molecule has 1 N–H and O–H groups in total. The second-order valence-electron chi connectivity index (χ2n) is 6.43. The molecule has 4 heteroatoms. The highest BCUT2D eigenvalue weighted by Gasteiger charge is 2.31. The van der Waals surface area contributed by atoms with Gasteiger partial charge < -0.3 is 5.11 Å². The Labute approximate surface area is 141 Å². The summed E-state index contributed by atoms with van der Waals surface area (Å²) in [4.78, 5) is 15.0. The van der Waals surface area contributed by atoms with E-state index in [0.29, 0.717) is 0 Å². The Morgan fingerprint density at radius 1 is 1.26 bits per heavy atom. The topological polar surface area (TPSA) is 40.5 Å². The molecule has 3 nitrogen and oxygen atoms in total. The van der Waals surface area contributed by atoms with Crippen molar-refractivity contribution < 1.29 is 9.90 Å². The van der Waals surface area contributed by atoms with E-state index >= 15 is 0 Å². The average Bonchev–Trinajstić information content (AvgIpc) is 3.05. The summed E-state index contributed by atoms with van der Waals surface area (Å²) < 4.78 is 0. The Hall–Kier alpha value is -1.65. The van der Waals surface area contributed by atoms with E-state index in [1.54, 1.807) is 11.3 Å². The van der Waals surface area contributed by atoms with Gasteiger partial charge in [0.05, 0.1) is 12.0 Å². The summed E-state index contributed by atoms with van der Waals surface area (Å²) in [5.74, 6) is -0.835. The van der Waals surface area contributed by atoms with Gasteiger partial charge in [0, 0.05) is 4.88 Å². The van der Waals surface area contributed by atoms with Crippen molar-refractivity contribution >= 4 is 17.3 Å². The fraction of sp³-hybridized carbons (Fsp3) is 0.421. The minimum Gasteiger partial charge on any atom is -0.481 e. The molecule has 1 aliphatic heterocycles. The van der Waals surface area contributed by atoms with E-state index in [9.17, 15) is 9.90 Å². The van der Waals surface area contributed by atoms with Crippen molar-refractivity contribution in [3.63, 3.8) is 0 Å². The van der Waals surface area contributed by atoms with Gasteiger partial charge in [0.1, 0.15) is 0 Å². The minimum atomic E-state index is -0.649. The van der Waals surface area contributed by atoms with Gasteiger partial charge >= 0.3 is 5.97 Å². The molecule has 1 aliphatic rings. The molecule has 0 aliphatic carbocycles. The zero-order chi connectivity index (χ0) is 16.4. The zero-order valence-corrected chi connectivity index (χ0v) is 14.5. The van der Waals surface area contributed by atoms with Crippen LogP contribution in [0.4, 0.5) is 0 Å². The number of carboxylic acid groups (broad SMARTS) is 1. The zero-order valence-electron chi connectivity index (χ0n) is 13.7. The van der Waals surface area contributed by atoms with Crippen LogP contribution in [0.2, 0.25) is 0 Å². The smallest absolute Gasteiger partial charge is 0.306 e. The number of thiophene rings is 1. The molecule has 1 atom stereocenters. The van der Waals surface area contributed by atoms with Gasteiger partial charge in [-0.05, 0) is 62.4 Å². The van der Waals surface area contributed by atoms with E-state index in [1.165, 1.54) is 21.6 Å². The molecule has 0 radical (unpaired) electrons. The molecule has 2 heterocycles. The third-order valence-corrected chi connectivity index (χ3v) is 5.71. The van der Waals surface area contributed by atoms with Gasteiger partial charge in [0.15, 0.2) is 0 Å². The van der Waals surface area contributed by atoms with Crippen molar-refractivity contribution in [1.82, 2.24) is 4.90 Å². The predicted octanol–water partition coefficient (Wildman–Crippen LogP) is 4.25. The number of carboxylic acids is 1. The van der Waals surface area contributed by atoms with Crippen LogP contribution in [0.5, 0.6) is 0 Å². The van der Waals surface area contributed by atoms with Crippen molar-refractivity contribution in [2.75, 3.05) is 13.1 Å². The second kappa shape index (κ2) is 6.85. The summed E-state index contributed by atoms with van der Waals surface area (Å²) in [6.45, 7) is 5.98. The molecule has 3 rings (SSSR count). The molecular formula is C19H23NO2S. The third kappa shape index (κ3) is 3.48. The lowest BCUT2D eigenvalue weighted by Gasteiger charge is -2.37. The number of nitrogens with zero attached hydrogens (tertiary/aromatic N) is 1. The number of rotatable bonds is 4. The largest absolute Gasteiger partial charge is 0.481 e. The van der Waals surface area contributed by atoms with Gasteiger partial charge in [-0.3, -0.25) is 9.69 Å². The summed E-state index contributed by atoms with van der Waals surface area (Å²) in [5, 5.41) is 11.4. The lowest BCUT2D eigenvalue weighted by molar-refractivity contribution is -0.143. The standard InChI is InChI=1S/C19H23NO2S/c1-13-5-6-14(2)16(12-13)18(17-4-3-11-23-17)20-9-7-15(8-10-20)19(21)22/h3-6,11-12,15,18H,7-10H2,1-2H3,(H,21,22). The number of likely N-dealkylation sites (tertiary alicyclic amines) is 1. The van der Waals surface area contributed by atoms with Crippen molar-refractivity contribution in [3.05, 3.63) is 57.3 Å². The first-order chi connectivity index (χ1) is 11.1. The van der Waals surface area contributed by atoms with E-state index in [-0.39, 0.29) is 12.0 Å². The van der Waals surface area contributed by atoms with Gasteiger partial charge in [0.25, 0.3) is 0 Å². The number of aliphatic carboxylic acids is 1. The normalized spacial score (nSPS) is 18.0. The molecule has 0 spiro atoms. The van der Waals surface area contributed by atoms with E-state index in [1.807, 2.05) is 0 Å². The summed E-state index contributed by atoms with van der Waals surface area (Å²) in [7, 11) is 0. The number of carbonyl (C=O) groups is 1. The van der Waals surface area contributed by atoms with Gasteiger partial charge in [-0.1, -0.05) is 29.8 Å². The first-order valence-electron chi connectivity index (χ1n) is 8.13. The van der Waals surface area contributed by atoms with Crippen LogP contribution in [-0.2, 0) is 4.79 Å². The second-order valence-corrected chi connectivity index (χ2v) is 7.41. The van der Waals surface area contributed by atoms with Crippen LogP contribution in [0.25, 0.3) is 0 Å². The van der Waals surface area contributed by atoms with Crippen LogP contribution in [0, 0.1) is 19.8 Å². The predicted molar refractivity (Wildman–Crippen MR) is 94.0 cm³/mol. The van der Waals surface area contributed by atoms with E-state index in [4.69, 9.17) is 0 Å². The lowest BCUT2D eigenvalue weighted by atomic mass is 9.91. The van der Waals surface area contributed by atoms with E-state index < -0.39 is 5.97 Å². The maximum absolute atomic E-state index is 11.2. The SMILES string of the molecule is Cc1ccc(C)c(C(c2cccs2)N2CCC(C(=O)O)CC2)c1. The molecule has 1 fully saturated rings. The first-order valence-corrected chi connectivity index (χ1v) is 9.01. The Bertz CT molecular complexity index is 673. The molecule has 2 aromatic rings. The fourth-order valence-corrected chi connectivity index (χ4v) is 4.31. The summed E-state index contributed by atoms with van der Waals surface area (Å²) in [5.41, 5.74) is 3.92. The molecule has 1 unspecified atom stereocenters. The Balaban J connectivity index is 1.92. The van der Waals surface area contributed by atoms with Crippen LogP contribution in [0.1, 0.15) is 40.5 Å². The van der Waals surface area contributed by atoms with Crippen LogP contribution in [0.3, 0.4) is 0 Å². The highest BCUT2D eigenvalue weighted by atomic mass is 32.1. The summed E-state index contributed by atoms with van der Waals surface area (Å²) in [6.07, 6.45) is 1.48. The van der Waals surface area contributed by atoms with Gasteiger partial charge in [-0.2, -0.15) is 0 Å². The molecule has 1 saturated heterocycles. The van der Waals surface area contributed by atoms with Crippen molar-refractivity contribution in [3.8, 4) is 0 Å². The minimum absolute atomic E-state index is 0.186. The van der Waals surface area contributed by atoms with E-state index in [2.05, 4.69) is 54.5 Å². The number of hydrogen-bond acceptors (Lipinski definition) is 3. The number of piperidine rings is 1. The third-order valence-electron chi connectivity index (χ3n) is 4.79. The summed E-state index contributed by atoms with van der Waals surface area (Å²) in [6, 6.07) is 11.2. The van der Waals surface area contributed by atoms with E-state index in [0.717, 1.165) is 25.9 Å². The van der Waals surface area contributed by atoms with Gasteiger partial charge in [-0.15, -0.1) is 11.3 Å². The molecule has 1 aromatic heterocycles. The average molecular weight is 329 g/mol. The van der Waals surface area contributed by atoms with Crippen molar-refractivity contribution in [2.45, 2.75) is 32.7 Å². The monoisotopic (exact) mass is 329 g/mol. The molecule has 1 aromatic carbocycles. The lowest BCUT2D eigenvalue weighted by Crippen LogP contribution is -2.39. The molecule has 0 saturated carbocycles. The quantitative estimate of drug-likeness (QED) is 0.911. The van der Waals surface area contributed by atoms with Gasteiger partial charge in [-0.25, -0.2) is 0 Å². The van der Waals surface area contributed by atoms with Crippen LogP contribution in [0.15, 0.2) is 35.7 Å². The molecular weight excluding hydrogens is 306 g/mol. The molecule has 0 bridgehead atoms. The highest BCUT2D eigenvalue weighted by molar-refractivity contribution is 7.10. The highest BCUT2D eigenvalue weighted by Crippen LogP contribution is 2.36. The Morgan fingerprint density at radius 2 is 2.00 bits per heavy atom. The summed E-state index contributed by atoms with van der Waals surface area (Å²) >= 11 is 1.78. The molecule has 122 valence electrons. The Morgan fingerprint density at radius 3 is 2.61 bits per heavy atom. The van der Waals surface area contributed by atoms with Crippen molar-refractivity contribution in [2.24, 2.45) is 5.92 Å². The van der Waals surface area contributed by atoms with Crippen LogP contribution in [-0.4, -0.2) is 29.1 Å². The van der Waals surface area contributed by atoms with Crippen molar-refractivity contribution in [1.29, 1.82) is 0 Å². The Kier molecular flexibility index (Phi) is 4.83. The maximum Gasteiger partial charge on any atom is 0.306 e. The maximum atomic E-state index is 11.2. The van der Waals surface area contributed by atoms with Gasteiger partial charge in [0.2, 0.25) is 0 Å². The fourth-order valence-electron chi connectivity index (χ4n) is 3.44. The number of hydrogen-bond donors (Lipinski definition) is 1.